The van der Waals surface area contributed by atoms with E-state index in [0.717, 1.165) is 67.5 Å². The van der Waals surface area contributed by atoms with Gasteiger partial charge in [-0.1, -0.05) is 25.1 Å². The number of piperidine rings is 1. The molecule has 5 nitrogen and oxygen atoms in total. The second-order valence-electron chi connectivity index (χ2n) is 9.07. The van der Waals surface area contributed by atoms with Crippen LogP contribution in [0.4, 0.5) is 10.1 Å². The quantitative estimate of drug-likeness (QED) is 0.489. The number of H-pyrrole nitrogens is 1. The molecule has 176 valence electrons. The van der Waals surface area contributed by atoms with Gasteiger partial charge in [0.05, 0.1) is 12.1 Å². The lowest BCUT2D eigenvalue weighted by atomic mass is 9.85. The monoisotopic (exact) mass is 451 g/mol. The molecule has 0 saturated carbocycles. The largest absolute Gasteiger partial charge is 0.382 e. The molecule has 3 aromatic rings. The Labute approximate surface area is 195 Å². The smallest absolute Gasteiger partial charge is 0.227 e. The van der Waals surface area contributed by atoms with Crippen molar-refractivity contribution >= 4 is 22.5 Å². The summed E-state index contributed by atoms with van der Waals surface area (Å²) in [5, 5.41) is 0.959. The van der Waals surface area contributed by atoms with Gasteiger partial charge in [0.1, 0.15) is 5.82 Å². The van der Waals surface area contributed by atoms with E-state index < -0.39 is 0 Å². The number of carbonyl (C=O) groups excluding carboxylic acids is 1. The summed E-state index contributed by atoms with van der Waals surface area (Å²) < 4.78 is 19.4. The minimum absolute atomic E-state index is 0.162. The van der Waals surface area contributed by atoms with Gasteiger partial charge in [0.25, 0.3) is 0 Å². The summed E-state index contributed by atoms with van der Waals surface area (Å²) in [5.41, 5.74) is 2.71. The lowest BCUT2D eigenvalue weighted by molar-refractivity contribution is -0.121. The fourth-order valence-corrected chi connectivity index (χ4v) is 5.12. The second kappa shape index (κ2) is 10.5. The Morgan fingerprint density at radius 2 is 1.94 bits per heavy atom. The summed E-state index contributed by atoms with van der Waals surface area (Å²) in [6, 6.07) is 14.9. The van der Waals surface area contributed by atoms with Gasteiger partial charge in [0, 0.05) is 56.0 Å². The van der Waals surface area contributed by atoms with E-state index in [4.69, 9.17) is 4.74 Å². The molecule has 1 saturated heterocycles. The van der Waals surface area contributed by atoms with Gasteiger partial charge in [0.15, 0.2) is 0 Å². The van der Waals surface area contributed by atoms with E-state index in [2.05, 4.69) is 9.88 Å². The van der Waals surface area contributed by atoms with Gasteiger partial charge in [0.2, 0.25) is 5.91 Å². The molecule has 0 unspecified atom stereocenters. The fourth-order valence-electron chi connectivity index (χ4n) is 5.12. The molecule has 2 aromatic carbocycles. The molecule has 0 aliphatic carbocycles. The molecule has 33 heavy (non-hydrogen) atoms. The number of para-hydroxylation sites is 1. The Hall–Kier alpha value is -2.70. The van der Waals surface area contributed by atoms with Gasteiger partial charge >= 0.3 is 0 Å². The Kier molecular flexibility index (Phi) is 7.46. The van der Waals surface area contributed by atoms with E-state index in [1.807, 2.05) is 48.4 Å². The number of fused-ring (bicyclic) bond motifs is 1. The predicted molar refractivity (Wildman–Crippen MR) is 131 cm³/mol. The lowest BCUT2D eigenvalue weighted by Crippen LogP contribution is -2.60. The average molecular weight is 452 g/mol. The fraction of sp³-hybridized carbons (Fsp3) is 0.444. The number of aromatic amines is 1. The molecule has 1 amide bonds. The molecule has 0 spiro atoms. The summed E-state index contributed by atoms with van der Waals surface area (Å²) in [6.45, 7) is 5.25. The zero-order valence-corrected chi connectivity index (χ0v) is 19.6. The Balaban J connectivity index is 1.47. The number of hydrogen-bond acceptors (Lipinski definition) is 3. The number of methoxy groups -OCH3 is 1. The maximum absolute atomic E-state index is 13.7. The van der Waals surface area contributed by atoms with Crippen LogP contribution in [0.25, 0.3) is 10.9 Å². The number of anilines is 1. The second-order valence-corrected chi connectivity index (χ2v) is 9.07. The first-order chi connectivity index (χ1) is 16.1. The number of amides is 1. The lowest BCUT2D eigenvalue weighted by Gasteiger charge is -2.48. The number of hydrogen-bond donors (Lipinski definition) is 1. The van der Waals surface area contributed by atoms with Crippen molar-refractivity contribution in [3.05, 3.63) is 66.1 Å². The van der Waals surface area contributed by atoms with E-state index >= 15 is 0 Å². The molecular formula is C27H34FN3O2. The topological polar surface area (TPSA) is 48.6 Å². The number of benzene rings is 2. The Bertz CT molecular complexity index is 1060. The summed E-state index contributed by atoms with van der Waals surface area (Å²) in [4.78, 5) is 21.0. The van der Waals surface area contributed by atoms with Crippen molar-refractivity contribution in [3.8, 4) is 0 Å². The Morgan fingerprint density at radius 3 is 2.64 bits per heavy atom. The van der Waals surface area contributed by atoms with Crippen LogP contribution in [0.5, 0.6) is 0 Å². The van der Waals surface area contributed by atoms with Gasteiger partial charge in [-0.15, -0.1) is 0 Å². The van der Waals surface area contributed by atoms with Crippen LogP contribution in [-0.4, -0.2) is 54.7 Å². The standard InChI is InChI=1S/C27H34FN3O2/c1-3-7-26(32)31(23-8-5-4-6-9-23)27(20-33-2)13-16-30(17-14-27)15-12-21-19-29-25-11-10-22(28)18-24(21)25/h4-6,8-11,18-19,29H,3,7,12-17,20H2,1-2H3. The number of aromatic nitrogens is 1. The summed E-state index contributed by atoms with van der Waals surface area (Å²) in [6.07, 6.45) is 5.91. The van der Waals surface area contributed by atoms with Gasteiger partial charge < -0.3 is 19.5 Å². The van der Waals surface area contributed by atoms with Gasteiger partial charge in [-0.05, 0) is 61.6 Å². The number of carbonyl (C=O) groups is 1. The SMILES string of the molecule is CCCC(=O)N(c1ccccc1)C1(COC)CCN(CCc2c[nH]c3ccc(F)cc23)CC1. The molecule has 0 atom stereocenters. The van der Waals surface area contributed by atoms with Crippen LogP contribution >= 0.6 is 0 Å². The number of rotatable bonds is 9. The summed E-state index contributed by atoms with van der Waals surface area (Å²) in [5.74, 6) is -0.0431. The van der Waals surface area contributed by atoms with Crippen LogP contribution in [0.15, 0.2) is 54.7 Å². The van der Waals surface area contributed by atoms with Crippen LogP contribution in [0.3, 0.4) is 0 Å². The zero-order valence-electron chi connectivity index (χ0n) is 19.6. The first-order valence-electron chi connectivity index (χ1n) is 11.9. The minimum Gasteiger partial charge on any atom is -0.382 e. The van der Waals surface area contributed by atoms with Crippen LogP contribution in [0.1, 0.15) is 38.2 Å². The van der Waals surface area contributed by atoms with Crippen LogP contribution in [-0.2, 0) is 16.0 Å². The van der Waals surface area contributed by atoms with Crippen molar-refractivity contribution in [2.75, 3.05) is 38.3 Å². The molecule has 1 fully saturated rings. The van der Waals surface area contributed by atoms with E-state index in [0.29, 0.717) is 13.0 Å². The van der Waals surface area contributed by atoms with Crippen molar-refractivity contribution in [2.45, 2.75) is 44.6 Å². The average Bonchev–Trinajstić information content (AvgIpc) is 3.22. The van der Waals surface area contributed by atoms with E-state index in [1.165, 1.54) is 6.07 Å². The van der Waals surface area contributed by atoms with Gasteiger partial charge in [-0.3, -0.25) is 4.79 Å². The van der Waals surface area contributed by atoms with Gasteiger partial charge in [-0.2, -0.15) is 0 Å². The van der Waals surface area contributed by atoms with Crippen molar-refractivity contribution in [3.63, 3.8) is 0 Å². The summed E-state index contributed by atoms with van der Waals surface area (Å²) in [7, 11) is 1.72. The Morgan fingerprint density at radius 1 is 1.18 bits per heavy atom. The maximum Gasteiger partial charge on any atom is 0.227 e. The molecule has 0 bridgehead atoms. The molecule has 2 heterocycles. The predicted octanol–water partition coefficient (Wildman–Crippen LogP) is 5.16. The first-order valence-corrected chi connectivity index (χ1v) is 11.9. The number of nitrogens with one attached hydrogen (secondary N) is 1. The molecule has 4 rings (SSSR count). The molecule has 1 aliphatic heterocycles. The first kappa shape index (κ1) is 23.5. The zero-order chi connectivity index (χ0) is 23.3. The molecule has 1 N–H and O–H groups in total. The van der Waals surface area contributed by atoms with Crippen LogP contribution < -0.4 is 4.90 Å². The third-order valence-electron chi connectivity index (χ3n) is 6.83. The highest BCUT2D eigenvalue weighted by Gasteiger charge is 2.43. The normalized spacial score (nSPS) is 16.2. The highest BCUT2D eigenvalue weighted by molar-refractivity contribution is 5.95. The molecule has 1 aromatic heterocycles. The minimum atomic E-state index is -0.344. The van der Waals surface area contributed by atoms with Crippen molar-refractivity contribution < 1.29 is 13.9 Å². The highest BCUT2D eigenvalue weighted by atomic mass is 19.1. The highest BCUT2D eigenvalue weighted by Crippen LogP contribution is 2.35. The number of nitrogens with zero attached hydrogens (tertiary/aromatic N) is 2. The van der Waals surface area contributed by atoms with Gasteiger partial charge in [-0.25, -0.2) is 4.39 Å². The molecule has 0 radical (unpaired) electrons. The number of halogens is 1. The van der Waals surface area contributed by atoms with E-state index in [1.54, 1.807) is 19.2 Å². The molecule has 1 aliphatic rings. The summed E-state index contributed by atoms with van der Waals surface area (Å²) >= 11 is 0. The van der Waals surface area contributed by atoms with Crippen molar-refractivity contribution in [1.82, 2.24) is 9.88 Å². The third-order valence-corrected chi connectivity index (χ3v) is 6.83. The molecular weight excluding hydrogens is 417 g/mol. The molecule has 6 heteroatoms. The van der Waals surface area contributed by atoms with Crippen LogP contribution in [0, 0.1) is 5.82 Å². The van der Waals surface area contributed by atoms with Crippen molar-refractivity contribution in [2.24, 2.45) is 0 Å². The third kappa shape index (κ3) is 5.12. The van der Waals surface area contributed by atoms with Crippen LogP contribution in [0.2, 0.25) is 0 Å². The maximum atomic E-state index is 13.7. The van der Waals surface area contributed by atoms with E-state index in [-0.39, 0.29) is 17.3 Å². The number of ether oxygens (including phenoxy) is 1. The number of likely N-dealkylation sites (tertiary alicyclic amines) is 1. The van der Waals surface area contributed by atoms with Crippen molar-refractivity contribution in [1.29, 1.82) is 0 Å². The van der Waals surface area contributed by atoms with E-state index in [9.17, 15) is 9.18 Å².